The van der Waals surface area contributed by atoms with Crippen molar-refractivity contribution in [3.63, 3.8) is 0 Å². The molecule has 0 unspecified atom stereocenters. The number of hydrogen-bond donors (Lipinski definition) is 0. The zero-order chi connectivity index (χ0) is 16.2. The van der Waals surface area contributed by atoms with Crippen LogP contribution in [-0.4, -0.2) is 54.4 Å². The highest BCUT2D eigenvalue weighted by Gasteiger charge is 1.91. The minimum absolute atomic E-state index is 0.627. The number of methoxy groups -OCH3 is 3. The van der Waals surface area contributed by atoms with Gasteiger partial charge in [-0.15, -0.1) is 0 Å². The first-order chi connectivity index (χ1) is 9.45. The maximum atomic E-state index is 5.21. The van der Waals surface area contributed by atoms with Crippen LogP contribution in [0.3, 0.4) is 0 Å². The third-order valence-corrected chi connectivity index (χ3v) is 1.79. The van der Waals surface area contributed by atoms with E-state index in [2.05, 4.69) is 34.6 Å². The summed E-state index contributed by atoms with van der Waals surface area (Å²) in [6.45, 7) is 14.6. The Morgan fingerprint density at radius 3 is 1.35 bits per heavy atom. The Hall–Kier alpha value is -0.160. The molecule has 0 radical (unpaired) electrons. The molecule has 0 aromatic heterocycles. The van der Waals surface area contributed by atoms with Gasteiger partial charge in [0.25, 0.3) is 0 Å². The molecule has 0 spiro atoms. The normalized spacial score (nSPS) is 9.90. The van der Waals surface area contributed by atoms with E-state index in [9.17, 15) is 0 Å². The summed E-state index contributed by atoms with van der Waals surface area (Å²) >= 11 is 0. The topological polar surface area (TPSA) is 36.9 Å². The molecule has 0 amide bonds. The molecule has 0 saturated heterocycles. The Morgan fingerprint density at radius 1 is 0.650 bits per heavy atom. The molecule has 0 atom stereocenters. The minimum atomic E-state index is 0.627. The van der Waals surface area contributed by atoms with E-state index in [4.69, 9.17) is 18.9 Å². The van der Waals surface area contributed by atoms with Gasteiger partial charge in [-0.25, -0.2) is 0 Å². The molecule has 0 aliphatic heterocycles. The Balaban J connectivity index is -0.000000230. The van der Waals surface area contributed by atoms with E-state index in [1.807, 2.05) is 0 Å². The fourth-order valence-corrected chi connectivity index (χ4v) is 0.999. The molecular weight excluding hydrogens is 256 g/mol. The molecule has 20 heavy (non-hydrogen) atoms. The van der Waals surface area contributed by atoms with Gasteiger partial charge in [0.2, 0.25) is 0 Å². The maximum absolute atomic E-state index is 5.21. The van der Waals surface area contributed by atoms with Crippen molar-refractivity contribution in [2.45, 2.75) is 41.0 Å². The first kappa shape index (κ1) is 24.8. The highest BCUT2D eigenvalue weighted by atomic mass is 16.5. The van der Waals surface area contributed by atoms with Gasteiger partial charge in [0.15, 0.2) is 0 Å². The zero-order valence-corrected chi connectivity index (χ0v) is 15.0. The van der Waals surface area contributed by atoms with E-state index in [-0.39, 0.29) is 0 Å². The van der Waals surface area contributed by atoms with Gasteiger partial charge in [0.1, 0.15) is 0 Å². The SMILES string of the molecule is CCCOC.COCC(C)C.COCCOCC(C)C. The van der Waals surface area contributed by atoms with Crippen molar-refractivity contribution < 1.29 is 18.9 Å². The Kier molecular flexibility index (Phi) is 29.7. The van der Waals surface area contributed by atoms with Crippen LogP contribution in [0.2, 0.25) is 0 Å². The average molecular weight is 294 g/mol. The molecule has 0 saturated carbocycles. The molecule has 0 bridgehead atoms. The highest BCUT2D eigenvalue weighted by molar-refractivity contribution is 4.38. The number of rotatable bonds is 9. The van der Waals surface area contributed by atoms with Gasteiger partial charge in [0, 0.05) is 41.2 Å². The molecular formula is C16H38O4. The molecule has 4 nitrogen and oxygen atoms in total. The van der Waals surface area contributed by atoms with Crippen LogP contribution in [0.4, 0.5) is 0 Å². The van der Waals surface area contributed by atoms with Crippen LogP contribution in [0.1, 0.15) is 41.0 Å². The van der Waals surface area contributed by atoms with Crippen LogP contribution < -0.4 is 0 Å². The number of hydrogen-bond acceptors (Lipinski definition) is 4. The molecule has 0 aliphatic rings. The van der Waals surface area contributed by atoms with E-state index in [1.165, 1.54) is 0 Å². The first-order valence-electron chi connectivity index (χ1n) is 7.50. The van der Waals surface area contributed by atoms with Gasteiger partial charge < -0.3 is 18.9 Å². The highest BCUT2D eigenvalue weighted by Crippen LogP contribution is 1.91. The Labute approximate surface area is 127 Å². The zero-order valence-electron chi connectivity index (χ0n) is 15.0. The number of ether oxygens (including phenoxy) is 4. The van der Waals surface area contributed by atoms with Crippen LogP contribution in [0.25, 0.3) is 0 Å². The summed E-state index contributed by atoms with van der Waals surface area (Å²) in [6, 6.07) is 0. The third kappa shape index (κ3) is 43.1. The van der Waals surface area contributed by atoms with Gasteiger partial charge in [0.05, 0.1) is 13.2 Å². The summed E-state index contributed by atoms with van der Waals surface area (Å²) in [4.78, 5) is 0. The van der Waals surface area contributed by atoms with E-state index < -0.39 is 0 Å². The van der Waals surface area contributed by atoms with Crippen molar-refractivity contribution in [3.8, 4) is 0 Å². The maximum Gasteiger partial charge on any atom is 0.0700 e. The lowest BCUT2D eigenvalue weighted by molar-refractivity contribution is 0.0572. The van der Waals surface area contributed by atoms with E-state index >= 15 is 0 Å². The smallest absolute Gasteiger partial charge is 0.0700 e. The monoisotopic (exact) mass is 294 g/mol. The van der Waals surface area contributed by atoms with Crippen LogP contribution >= 0.6 is 0 Å². The van der Waals surface area contributed by atoms with Crippen molar-refractivity contribution >= 4 is 0 Å². The molecule has 0 aromatic carbocycles. The second kappa shape index (κ2) is 23.9. The van der Waals surface area contributed by atoms with E-state index in [1.54, 1.807) is 21.3 Å². The average Bonchev–Trinajstić information content (AvgIpc) is 2.37. The van der Waals surface area contributed by atoms with Gasteiger partial charge >= 0.3 is 0 Å². The third-order valence-electron chi connectivity index (χ3n) is 1.79. The van der Waals surface area contributed by atoms with Crippen molar-refractivity contribution in [3.05, 3.63) is 0 Å². The summed E-state index contributed by atoms with van der Waals surface area (Å²) in [6.07, 6.45) is 1.12. The molecule has 0 rings (SSSR count). The second-order valence-electron chi connectivity index (χ2n) is 5.30. The summed E-state index contributed by atoms with van der Waals surface area (Å²) < 4.78 is 19.5. The molecule has 0 aliphatic carbocycles. The van der Waals surface area contributed by atoms with Crippen LogP contribution in [0.5, 0.6) is 0 Å². The van der Waals surface area contributed by atoms with Gasteiger partial charge in [-0.05, 0) is 18.3 Å². The minimum Gasteiger partial charge on any atom is -0.385 e. The molecule has 0 fully saturated rings. The summed E-state index contributed by atoms with van der Waals surface area (Å²) in [5, 5.41) is 0. The lowest BCUT2D eigenvalue weighted by Gasteiger charge is -2.04. The fourth-order valence-electron chi connectivity index (χ4n) is 0.999. The predicted octanol–water partition coefficient (Wildman–Crippen LogP) is 3.64. The Morgan fingerprint density at radius 2 is 1.15 bits per heavy atom. The predicted molar refractivity (Wildman–Crippen MR) is 86.4 cm³/mol. The van der Waals surface area contributed by atoms with Crippen molar-refractivity contribution in [2.24, 2.45) is 11.8 Å². The first-order valence-corrected chi connectivity index (χ1v) is 7.50. The van der Waals surface area contributed by atoms with Crippen molar-refractivity contribution in [1.82, 2.24) is 0 Å². The van der Waals surface area contributed by atoms with Gasteiger partial charge in [-0.2, -0.15) is 0 Å². The largest absolute Gasteiger partial charge is 0.385 e. The Bertz CT molecular complexity index is 136. The molecule has 4 heteroatoms. The van der Waals surface area contributed by atoms with Crippen LogP contribution in [0, 0.1) is 11.8 Å². The standard InChI is InChI=1S/C7H16O2.C5H12O.C4H10O/c1-7(2)6-9-5-4-8-3;1-5(2)4-6-3;1-3-4-5-2/h7H,4-6H2,1-3H3;5H,4H2,1-3H3;3-4H2,1-2H3. The fraction of sp³-hybridized carbons (Fsp3) is 1.00. The van der Waals surface area contributed by atoms with Gasteiger partial charge in [-0.1, -0.05) is 34.6 Å². The van der Waals surface area contributed by atoms with Gasteiger partial charge in [-0.3, -0.25) is 0 Å². The van der Waals surface area contributed by atoms with E-state index in [0.29, 0.717) is 25.0 Å². The van der Waals surface area contributed by atoms with Crippen LogP contribution in [-0.2, 0) is 18.9 Å². The van der Waals surface area contributed by atoms with Crippen molar-refractivity contribution in [1.29, 1.82) is 0 Å². The molecule has 0 N–H and O–H groups in total. The summed E-state index contributed by atoms with van der Waals surface area (Å²) in [7, 11) is 5.11. The lowest BCUT2D eigenvalue weighted by Crippen LogP contribution is -2.06. The lowest BCUT2D eigenvalue weighted by atomic mass is 10.2. The van der Waals surface area contributed by atoms with Crippen LogP contribution in [0.15, 0.2) is 0 Å². The molecule has 0 heterocycles. The summed E-state index contributed by atoms with van der Waals surface area (Å²) in [5.74, 6) is 1.30. The quantitative estimate of drug-likeness (QED) is 0.608. The van der Waals surface area contributed by atoms with Crippen molar-refractivity contribution in [2.75, 3.05) is 54.4 Å². The molecule has 126 valence electrons. The summed E-state index contributed by atoms with van der Waals surface area (Å²) in [5.41, 5.74) is 0. The molecule has 0 aromatic rings. The second-order valence-corrected chi connectivity index (χ2v) is 5.30. The van der Waals surface area contributed by atoms with E-state index in [0.717, 1.165) is 26.2 Å².